The van der Waals surface area contributed by atoms with Crippen LogP contribution in [0.2, 0.25) is 0 Å². The van der Waals surface area contributed by atoms with E-state index in [9.17, 15) is 5.11 Å². The Labute approximate surface area is 166 Å². The summed E-state index contributed by atoms with van der Waals surface area (Å²) in [6, 6.07) is 14.0. The van der Waals surface area contributed by atoms with Crippen LogP contribution in [-0.2, 0) is 6.42 Å². The number of hydrogen-bond donors (Lipinski definition) is 1. The molecule has 0 spiro atoms. The highest BCUT2D eigenvalue weighted by molar-refractivity contribution is 5.94. The molecule has 1 N–H and O–H groups in total. The summed E-state index contributed by atoms with van der Waals surface area (Å²) < 4.78 is 6.04. The Bertz CT molecular complexity index is 1040. The third kappa shape index (κ3) is 3.18. The lowest BCUT2D eigenvalue weighted by molar-refractivity contribution is 0.465. The van der Waals surface area contributed by atoms with Gasteiger partial charge in [0.15, 0.2) is 0 Å². The number of phenols is 1. The number of rotatable bonds is 5. The molecule has 142 valence electrons. The van der Waals surface area contributed by atoms with Crippen LogP contribution in [0.5, 0.6) is 11.5 Å². The van der Waals surface area contributed by atoms with Crippen molar-refractivity contribution in [2.45, 2.75) is 39.5 Å². The highest BCUT2D eigenvalue weighted by Gasteiger charge is 2.28. The van der Waals surface area contributed by atoms with Crippen LogP contribution in [0.25, 0.3) is 28.1 Å². The van der Waals surface area contributed by atoms with Crippen LogP contribution in [0.1, 0.15) is 42.9 Å². The minimum Gasteiger partial charge on any atom is -0.506 e. The number of hydrogen-bond acceptors (Lipinski definition) is 3. The molecule has 4 rings (SSSR count). The first kappa shape index (κ1) is 18.3. The summed E-state index contributed by atoms with van der Waals surface area (Å²) in [6.07, 6.45) is 5.99. The smallest absolute Gasteiger partial charge is 0.139 e. The first-order valence-corrected chi connectivity index (χ1v) is 9.88. The van der Waals surface area contributed by atoms with E-state index in [0.717, 1.165) is 64.8 Å². The molecule has 0 atom stereocenters. The first-order valence-electron chi connectivity index (χ1n) is 9.88. The van der Waals surface area contributed by atoms with Crippen LogP contribution in [0, 0.1) is 6.92 Å². The third-order valence-corrected chi connectivity index (χ3v) is 5.30. The summed E-state index contributed by atoms with van der Waals surface area (Å²) in [4.78, 5) is 4.52. The van der Waals surface area contributed by atoms with Gasteiger partial charge in [-0.2, -0.15) is 0 Å². The third-order valence-electron chi connectivity index (χ3n) is 5.30. The van der Waals surface area contributed by atoms with Crippen molar-refractivity contribution in [1.82, 2.24) is 4.98 Å². The average molecular weight is 371 g/mol. The van der Waals surface area contributed by atoms with Crippen molar-refractivity contribution in [2.24, 2.45) is 0 Å². The van der Waals surface area contributed by atoms with E-state index >= 15 is 0 Å². The van der Waals surface area contributed by atoms with Crippen LogP contribution in [0.4, 0.5) is 0 Å². The van der Waals surface area contributed by atoms with E-state index in [4.69, 9.17) is 4.74 Å². The molecule has 0 saturated carbocycles. The Kier molecular flexibility index (Phi) is 4.91. The fourth-order valence-corrected chi connectivity index (χ4v) is 3.89. The minimum absolute atomic E-state index is 0.238. The number of benzene rings is 2. The molecule has 3 nitrogen and oxygen atoms in total. The number of pyridine rings is 1. The highest BCUT2D eigenvalue weighted by atomic mass is 16.5. The molecule has 0 bridgehead atoms. The van der Waals surface area contributed by atoms with Gasteiger partial charge in [-0.25, -0.2) is 0 Å². The lowest BCUT2D eigenvalue weighted by atomic mass is 9.87. The van der Waals surface area contributed by atoms with Crippen LogP contribution >= 0.6 is 0 Å². The molecule has 0 unspecified atom stereocenters. The number of fused-ring (bicyclic) bond motifs is 3. The largest absolute Gasteiger partial charge is 0.506 e. The van der Waals surface area contributed by atoms with Gasteiger partial charge in [0.05, 0.1) is 11.3 Å². The molecule has 3 aromatic rings. The van der Waals surface area contributed by atoms with E-state index in [1.165, 1.54) is 0 Å². The van der Waals surface area contributed by atoms with Crippen molar-refractivity contribution < 1.29 is 9.84 Å². The lowest BCUT2D eigenvalue weighted by Crippen LogP contribution is -2.06. The predicted octanol–water partition coefficient (Wildman–Crippen LogP) is 6.53. The Balaban J connectivity index is 1.96. The molecule has 1 aromatic heterocycles. The van der Waals surface area contributed by atoms with Crippen LogP contribution < -0.4 is 4.74 Å². The number of aromatic hydroxyl groups is 1. The number of nitrogens with zero attached hydrogens (tertiary/aromatic N) is 1. The molecular formula is C25H25NO2. The van der Waals surface area contributed by atoms with Crippen LogP contribution in [0.15, 0.2) is 55.2 Å². The Morgan fingerprint density at radius 3 is 2.64 bits per heavy atom. The Morgan fingerprint density at radius 1 is 1.04 bits per heavy atom. The Hall–Kier alpha value is -3.07. The zero-order valence-corrected chi connectivity index (χ0v) is 16.5. The van der Waals surface area contributed by atoms with E-state index in [0.29, 0.717) is 11.5 Å². The number of phenolic OH excluding ortho intramolecular Hbond substituents is 1. The maximum atomic E-state index is 11.4. The van der Waals surface area contributed by atoms with Crippen molar-refractivity contribution in [2.75, 3.05) is 0 Å². The van der Waals surface area contributed by atoms with Gasteiger partial charge in [0.25, 0.3) is 0 Å². The van der Waals surface area contributed by atoms with Gasteiger partial charge in [-0.3, -0.25) is 4.98 Å². The van der Waals surface area contributed by atoms with Crippen molar-refractivity contribution in [1.29, 1.82) is 0 Å². The molecule has 2 aromatic carbocycles. The number of aryl methyl sites for hydroxylation is 2. The quantitative estimate of drug-likeness (QED) is 0.519. The van der Waals surface area contributed by atoms with E-state index in [2.05, 4.69) is 30.6 Å². The predicted molar refractivity (Wildman–Crippen MR) is 114 cm³/mol. The van der Waals surface area contributed by atoms with Crippen molar-refractivity contribution >= 4 is 5.76 Å². The molecule has 0 radical (unpaired) electrons. The van der Waals surface area contributed by atoms with Gasteiger partial charge in [0.1, 0.15) is 17.3 Å². The molecule has 3 heteroatoms. The van der Waals surface area contributed by atoms with Gasteiger partial charge in [-0.15, -0.1) is 0 Å². The fourth-order valence-electron chi connectivity index (χ4n) is 3.89. The van der Waals surface area contributed by atoms with Gasteiger partial charge in [0.2, 0.25) is 0 Å². The van der Waals surface area contributed by atoms with E-state index in [1.54, 1.807) is 6.20 Å². The molecule has 1 aliphatic heterocycles. The molecule has 0 amide bonds. The molecule has 0 fully saturated rings. The van der Waals surface area contributed by atoms with Gasteiger partial charge in [-0.1, -0.05) is 56.2 Å². The zero-order chi connectivity index (χ0) is 19.7. The Morgan fingerprint density at radius 2 is 1.89 bits per heavy atom. The highest BCUT2D eigenvalue weighted by Crippen LogP contribution is 2.51. The monoisotopic (exact) mass is 371 g/mol. The molecule has 2 heterocycles. The summed E-state index contributed by atoms with van der Waals surface area (Å²) in [7, 11) is 0. The molecule has 1 aliphatic rings. The van der Waals surface area contributed by atoms with E-state index in [-0.39, 0.29) is 5.75 Å². The molecular weight excluding hydrogens is 346 g/mol. The summed E-state index contributed by atoms with van der Waals surface area (Å²) in [6.45, 7) is 8.32. The second-order valence-electron chi connectivity index (χ2n) is 7.38. The lowest BCUT2D eigenvalue weighted by Gasteiger charge is -2.26. The van der Waals surface area contributed by atoms with Crippen molar-refractivity contribution in [3.63, 3.8) is 0 Å². The van der Waals surface area contributed by atoms with E-state index in [1.807, 2.05) is 37.3 Å². The van der Waals surface area contributed by atoms with Crippen LogP contribution in [0.3, 0.4) is 0 Å². The molecule has 0 saturated heterocycles. The van der Waals surface area contributed by atoms with Crippen molar-refractivity contribution in [3.8, 4) is 33.9 Å². The second kappa shape index (κ2) is 7.51. The SMILES string of the molecule is C=C1Oc2cc(CCCCC)c(-c3ccccn3)c(O)c2-c2cc(C)ccc21. The summed E-state index contributed by atoms with van der Waals surface area (Å²) >= 11 is 0. The van der Waals surface area contributed by atoms with Crippen LogP contribution in [-0.4, -0.2) is 10.1 Å². The fraction of sp³-hybridized carbons (Fsp3) is 0.240. The molecule has 28 heavy (non-hydrogen) atoms. The van der Waals surface area contributed by atoms with E-state index < -0.39 is 0 Å². The number of unbranched alkanes of at least 4 members (excludes halogenated alkanes) is 2. The van der Waals surface area contributed by atoms with Gasteiger partial charge >= 0.3 is 0 Å². The maximum absolute atomic E-state index is 11.4. The van der Waals surface area contributed by atoms with Gasteiger partial charge in [-0.05, 0) is 43.5 Å². The number of ether oxygens (including phenoxy) is 1. The van der Waals surface area contributed by atoms with Gasteiger partial charge < -0.3 is 9.84 Å². The summed E-state index contributed by atoms with van der Waals surface area (Å²) in [5, 5.41) is 11.4. The average Bonchev–Trinajstić information content (AvgIpc) is 2.68. The minimum atomic E-state index is 0.238. The topological polar surface area (TPSA) is 42.4 Å². The second-order valence-corrected chi connectivity index (χ2v) is 7.38. The maximum Gasteiger partial charge on any atom is 0.139 e. The van der Waals surface area contributed by atoms with Gasteiger partial charge in [0, 0.05) is 22.9 Å². The summed E-state index contributed by atoms with van der Waals surface area (Å²) in [5.74, 6) is 1.53. The zero-order valence-electron chi connectivity index (χ0n) is 16.5. The summed E-state index contributed by atoms with van der Waals surface area (Å²) in [5.41, 5.74) is 6.38. The standard InChI is InChI=1S/C25H25NO2/c1-4-5-6-9-18-15-22-24(25(27)23(18)21-10-7-8-13-26-21)20-14-16(2)11-12-19(20)17(3)28-22/h7-8,10-15,27H,3-6,9H2,1-2H3. The molecule has 0 aliphatic carbocycles. The van der Waals surface area contributed by atoms with Crippen molar-refractivity contribution in [3.05, 3.63) is 71.9 Å². The normalized spacial score (nSPS) is 12.3. The first-order chi connectivity index (χ1) is 13.6. The number of aromatic nitrogens is 1.